The third kappa shape index (κ3) is 5.26. The highest BCUT2D eigenvalue weighted by atomic mass is 32.2. The summed E-state index contributed by atoms with van der Waals surface area (Å²) < 4.78 is 70.5. The number of amidine groups is 1. The lowest BCUT2D eigenvalue weighted by Gasteiger charge is -2.37. The monoisotopic (exact) mass is 475 g/mol. The Labute approximate surface area is 183 Å². The number of rotatable bonds is 5. The molecule has 0 spiro atoms. The first-order valence-corrected chi connectivity index (χ1v) is 10.1. The van der Waals surface area contributed by atoms with Crippen LogP contribution >= 0.6 is 11.8 Å². The molecule has 32 heavy (non-hydrogen) atoms. The van der Waals surface area contributed by atoms with Gasteiger partial charge < -0.3 is 15.8 Å². The van der Waals surface area contributed by atoms with E-state index in [0.717, 1.165) is 30.2 Å². The van der Waals surface area contributed by atoms with Gasteiger partial charge in [0, 0.05) is 16.5 Å². The van der Waals surface area contributed by atoms with Crippen LogP contribution in [0.25, 0.3) is 0 Å². The van der Waals surface area contributed by atoms with Gasteiger partial charge in [0.1, 0.15) is 23.2 Å². The fourth-order valence-corrected chi connectivity index (χ4v) is 4.09. The van der Waals surface area contributed by atoms with E-state index in [-0.39, 0.29) is 22.1 Å². The number of aromatic nitrogens is 2. The number of nitrogens with two attached hydrogens (primary N) is 1. The quantitative estimate of drug-likeness (QED) is 0.638. The van der Waals surface area contributed by atoms with E-state index in [0.29, 0.717) is 0 Å². The maximum atomic E-state index is 15.0. The summed E-state index contributed by atoms with van der Waals surface area (Å²) in [6.07, 6.45) is -4.30. The lowest BCUT2D eigenvalue weighted by Crippen LogP contribution is -2.44. The van der Waals surface area contributed by atoms with Crippen LogP contribution in [0.5, 0.6) is 5.88 Å². The van der Waals surface area contributed by atoms with Gasteiger partial charge >= 0.3 is 6.18 Å². The molecule has 2 aromatic rings. The second-order valence-corrected chi connectivity index (χ2v) is 8.51. The lowest BCUT2D eigenvalue weighted by molar-refractivity contribution is -0.154. The maximum absolute atomic E-state index is 15.0. The minimum Gasteiger partial charge on any atom is -0.467 e. The third-order valence-corrected chi connectivity index (χ3v) is 5.56. The predicted octanol–water partition coefficient (Wildman–Crippen LogP) is 3.81. The maximum Gasteiger partial charge on any atom is 0.422 e. The molecule has 3 rings (SSSR count). The van der Waals surface area contributed by atoms with Crippen molar-refractivity contribution in [2.24, 2.45) is 10.7 Å². The molecule has 13 heteroatoms. The number of thioether (sulfide) groups is 1. The number of hydrogen-bond donors (Lipinski definition) is 2. The van der Waals surface area contributed by atoms with Crippen molar-refractivity contribution in [3.63, 3.8) is 0 Å². The van der Waals surface area contributed by atoms with Crippen molar-refractivity contribution in [1.29, 1.82) is 0 Å². The van der Waals surface area contributed by atoms with Gasteiger partial charge in [-0.1, -0.05) is 11.8 Å². The standard InChI is InChI=1S/C19H18F5N5O2S/c1-9-15(21)18(2,29-17(25)32-9)11-5-10(3-4-12(11)20)28-16(30)13-6-27-14(7-26-13)31-8-19(22,23)24/h3-7,9,15H,8H2,1-2H3,(H2,25,29)(H,28,30)/t9-,15+,18-/m1/s1. The molecule has 0 bridgehead atoms. The molecule has 1 aromatic carbocycles. The largest absolute Gasteiger partial charge is 0.467 e. The van der Waals surface area contributed by atoms with Gasteiger partial charge in [-0.2, -0.15) is 13.2 Å². The van der Waals surface area contributed by atoms with Gasteiger partial charge in [0.2, 0.25) is 5.88 Å². The summed E-state index contributed by atoms with van der Waals surface area (Å²) >= 11 is 1.04. The Hall–Kier alpha value is -2.96. The Balaban J connectivity index is 1.79. The second kappa shape index (κ2) is 8.88. The zero-order chi connectivity index (χ0) is 23.7. The molecular formula is C19H18F5N5O2S. The first kappa shape index (κ1) is 23.7. The van der Waals surface area contributed by atoms with Crippen molar-refractivity contribution in [2.45, 2.75) is 37.0 Å². The molecule has 0 saturated heterocycles. The van der Waals surface area contributed by atoms with Crippen molar-refractivity contribution in [3.8, 4) is 5.88 Å². The average molecular weight is 475 g/mol. The van der Waals surface area contributed by atoms with E-state index in [1.165, 1.54) is 19.1 Å². The summed E-state index contributed by atoms with van der Waals surface area (Å²) in [4.78, 5) is 23.8. The minimum absolute atomic E-state index is 0.0973. The highest BCUT2D eigenvalue weighted by Gasteiger charge is 2.45. The van der Waals surface area contributed by atoms with Gasteiger partial charge in [-0.05, 0) is 32.0 Å². The minimum atomic E-state index is -4.54. The molecule has 0 aliphatic carbocycles. The van der Waals surface area contributed by atoms with Gasteiger partial charge in [0.05, 0.1) is 12.4 Å². The Morgan fingerprint density at radius 2 is 2.03 bits per heavy atom. The van der Waals surface area contributed by atoms with E-state index in [4.69, 9.17) is 5.73 Å². The number of nitrogens with zero attached hydrogens (tertiary/aromatic N) is 3. The van der Waals surface area contributed by atoms with Crippen LogP contribution in [0.15, 0.2) is 35.6 Å². The number of ether oxygens (including phenoxy) is 1. The molecule has 3 atom stereocenters. The van der Waals surface area contributed by atoms with Crippen LogP contribution in [0, 0.1) is 5.82 Å². The van der Waals surface area contributed by atoms with E-state index in [1.54, 1.807) is 6.92 Å². The number of benzene rings is 1. The van der Waals surface area contributed by atoms with Crippen molar-refractivity contribution >= 4 is 28.5 Å². The topological polar surface area (TPSA) is 102 Å². The van der Waals surface area contributed by atoms with Crippen LogP contribution in [0.4, 0.5) is 27.6 Å². The number of alkyl halides is 4. The number of nitrogens with one attached hydrogen (secondary N) is 1. The van der Waals surface area contributed by atoms with Crippen LogP contribution in [0.2, 0.25) is 0 Å². The Morgan fingerprint density at radius 3 is 2.66 bits per heavy atom. The van der Waals surface area contributed by atoms with Crippen molar-refractivity contribution in [3.05, 3.63) is 47.7 Å². The summed E-state index contributed by atoms with van der Waals surface area (Å²) in [5.41, 5.74) is 3.97. The summed E-state index contributed by atoms with van der Waals surface area (Å²) in [5, 5.41) is 2.01. The van der Waals surface area contributed by atoms with E-state index >= 15 is 0 Å². The van der Waals surface area contributed by atoms with Crippen LogP contribution in [-0.2, 0) is 5.54 Å². The number of carbonyl (C=O) groups is 1. The van der Waals surface area contributed by atoms with Gasteiger partial charge in [-0.25, -0.2) is 23.7 Å². The van der Waals surface area contributed by atoms with Gasteiger partial charge in [0.15, 0.2) is 11.8 Å². The predicted molar refractivity (Wildman–Crippen MR) is 109 cm³/mol. The Morgan fingerprint density at radius 1 is 1.31 bits per heavy atom. The number of halogens is 5. The molecule has 2 heterocycles. The van der Waals surface area contributed by atoms with E-state index < -0.39 is 47.3 Å². The molecule has 1 aromatic heterocycles. The van der Waals surface area contributed by atoms with Crippen LogP contribution < -0.4 is 15.8 Å². The summed E-state index contributed by atoms with van der Waals surface area (Å²) in [5.74, 6) is -1.91. The Kier molecular flexibility index (Phi) is 6.58. The Bertz CT molecular complexity index is 1030. The fourth-order valence-electron chi connectivity index (χ4n) is 3.08. The highest BCUT2D eigenvalue weighted by Crippen LogP contribution is 2.42. The summed E-state index contributed by atoms with van der Waals surface area (Å²) in [6.45, 7) is 1.47. The van der Waals surface area contributed by atoms with E-state index in [1.807, 2.05) is 0 Å². The number of carbonyl (C=O) groups excluding carboxylic acids is 1. The van der Waals surface area contributed by atoms with Crippen LogP contribution in [-0.4, -0.2) is 45.2 Å². The number of aliphatic imine (C=N–C) groups is 1. The molecule has 3 N–H and O–H groups in total. The first-order chi connectivity index (χ1) is 14.9. The number of amides is 1. The molecule has 1 aliphatic heterocycles. The summed E-state index contributed by atoms with van der Waals surface area (Å²) in [7, 11) is 0. The van der Waals surface area contributed by atoms with Crippen LogP contribution in [0.1, 0.15) is 29.9 Å². The third-order valence-electron chi connectivity index (χ3n) is 4.61. The molecular weight excluding hydrogens is 457 g/mol. The summed E-state index contributed by atoms with van der Waals surface area (Å²) in [6, 6.07) is 3.56. The van der Waals surface area contributed by atoms with Gasteiger partial charge in [0.25, 0.3) is 5.91 Å². The molecule has 0 fully saturated rings. The van der Waals surface area contributed by atoms with Gasteiger partial charge in [-0.3, -0.25) is 4.79 Å². The zero-order valence-electron chi connectivity index (χ0n) is 16.8. The molecule has 172 valence electrons. The molecule has 0 unspecified atom stereocenters. The molecule has 0 radical (unpaired) electrons. The fraction of sp³-hybridized carbons (Fsp3) is 0.368. The van der Waals surface area contributed by atoms with Crippen molar-refractivity contribution < 1.29 is 31.5 Å². The normalized spacial score (nSPS) is 23.4. The molecule has 0 saturated carbocycles. The van der Waals surface area contributed by atoms with E-state index in [2.05, 4.69) is 25.0 Å². The second-order valence-electron chi connectivity index (χ2n) is 7.11. The zero-order valence-corrected chi connectivity index (χ0v) is 17.6. The molecule has 1 aliphatic rings. The first-order valence-electron chi connectivity index (χ1n) is 9.18. The highest BCUT2D eigenvalue weighted by molar-refractivity contribution is 8.14. The number of anilines is 1. The average Bonchev–Trinajstić information content (AvgIpc) is 2.71. The lowest BCUT2D eigenvalue weighted by atomic mass is 9.85. The smallest absolute Gasteiger partial charge is 0.422 e. The molecule has 7 nitrogen and oxygen atoms in total. The van der Waals surface area contributed by atoms with E-state index in [9.17, 15) is 26.7 Å². The van der Waals surface area contributed by atoms with Crippen LogP contribution in [0.3, 0.4) is 0 Å². The number of hydrogen-bond acceptors (Lipinski definition) is 7. The SMILES string of the molecule is C[C@H]1SC(N)=N[C@](C)(c2cc(NC(=O)c3cnc(OCC(F)(F)F)cn3)ccc2F)[C@H]1F. The van der Waals surface area contributed by atoms with Gasteiger partial charge in [-0.15, -0.1) is 0 Å². The van der Waals surface area contributed by atoms with Crippen molar-refractivity contribution in [1.82, 2.24) is 9.97 Å². The molecule has 1 amide bonds. The van der Waals surface area contributed by atoms with Crippen molar-refractivity contribution in [2.75, 3.05) is 11.9 Å².